The number of nitrogens with zero attached hydrogens (tertiary/aromatic N) is 1. The lowest BCUT2D eigenvalue weighted by Gasteiger charge is -2.26. The minimum absolute atomic E-state index is 0.0352. The maximum Gasteiger partial charge on any atom is 0.268 e. The number of nitrogens with one attached hydrogen (secondary N) is 2. The van der Waals surface area contributed by atoms with Crippen molar-refractivity contribution >= 4 is 32.5 Å². The number of amides is 1. The fourth-order valence-electron chi connectivity index (χ4n) is 5.83. The molecule has 0 saturated carbocycles. The van der Waals surface area contributed by atoms with E-state index in [4.69, 9.17) is 4.74 Å². The second-order valence-corrected chi connectivity index (χ2v) is 14.5. The summed E-state index contributed by atoms with van der Waals surface area (Å²) in [5.74, 6) is -0.189. The van der Waals surface area contributed by atoms with Crippen LogP contribution in [0.4, 0.5) is 5.69 Å². The molecule has 2 heterocycles. The number of benzene rings is 4. The van der Waals surface area contributed by atoms with Crippen molar-refractivity contribution in [2.45, 2.75) is 56.5 Å². The molecule has 1 amide bonds. The molecule has 1 aliphatic heterocycles. The highest BCUT2D eigenvalue weighted by Gasteiger charge is 2.28. The third kappa shape index (κ3) is 6.53. The highest BCUT2D eigenvalue weighted by atomic mass is 32.2. The van der Waals surface area contributed by atoms with Gasteiger partial charge in [-0.2, -0.15) is 0 Å². The maximum absolute atomic E-state index is 14.4. The molecule has 0 atom stereocenters. The molecule has 0 radical (unpaired) electrons. The molecule has 1 saturated heterocycles. The Bertz CT molecular complexity index is 1890. The zero-order valence-electron chi connectivity index (χ0n) is 25.9. The lowest BCUT2D eigenvalue weighted by Crippen LogP contribution is -2.39. The topological polar surface area (TPSA) is 91.5 Å². The number of carbonyl (C=O) groups excluding carboxylic acids is 1. The van der Waals surface area contributed by atoms with Crippen molar-refractivity contribution in [1.82, 2.24) is 10.3 Å². The van der Waals surface area contributed by atoms with Gasteiger partial charge in [0.2, 0.25) is 0 Å². The zero-order chi connectivity index (χ0) is 31.6. The molecule has 5 aromatic rings. The van der Waals surface area contributed by atoms with Crippen LogP contribution in [0.5, 0.6) is 0 Å². The van der Waals surface area contributed by atoms with Gasteiger partial charge in [0, 0.05) is 35.7 Å². The van der Waals surface area contributed by atoms with Gasteiger partial charge in [-0.3, -0.25) is 9.10 Å². The molecule has 45 heavy (non-hydrogen) atoms. The number of rotatable bonds is 8. The van der Waals surface area contributed by atoms with Crippen LogP contribution >= 0.6 is 0 Å². The number of hydrogen-bond donors (Lipinski definition) is 2. The molecule has 1 aromatic heterocycles. The summed E-state index contributed by atoms with van der Waals surface area (Å²) in [5, 5.41) is 3.95. The molecule has 0 spiro atoms. The molecular weight excluding hydrogens is 582 g/mol. The average molecular weight is 622 g/mol. The molecule has 0 unspecified atom stereocenters. The number of carbonyl (C=O) groups is 1. The fraction of sp³-hybridized carbons (Fsp3) is 0.270. The first-order chi connectivity index (χ1) is 21.6. The molecule has 8 heteroatoms. The van der Waals surface area contributed by atoms with Gasteiger partial charge < -0.3 is 15.0 Å². The lowest BCUT2D eigenvalue weighted by atomic mass is 9.87. The molecule has 2 N–H and O–H groups in total. The summed E-state index contributed by atoms with van der Waals surface area (Å²) in [4.78, 5) is 17.3. The van der Waals surface area contributed by atoms with Gasteiger partial charge in [-0.05, 0) is 65.3 Å². The van der Waals surface area contributed by atoms with Crippen LogP contribution in [0.15, 0.2) is 108 Å². The average Bonchev–Trinajstić information content (AvgIpc) is 3.44. The van der Waals surface area contributed by atoms with Crippen LogP contribution in [0.1, 0.15) is 55.2 Å². The van der Waals surface area contributed by atoms with Crippen LogP contribution < -0.4 is 9.62 Å². The Kier molecular flexibility index (Phi) is 8.53. The van der Waals surface area contributed by atoms with Crippen molar-refractivity contribution < 1.29 is 17.9 Å². The summed E-state index contributed by atoms with van der Waals surface area (Å²) < 4.78 is 35.7. The molecule has 0 bridgehead atoms. The monoisotopic (exact) mass is 621 g/mol. The number of aromatic nitrogens is 1. The van der Waals surface area contributed by atoms with Crippen LogP contribution in [-0.2, 0) is 26.7 Å². The van der Waals surface area contributed by atoms with Gasteiger partial charge in [0.25, 0.3) is 15.9 Å². The van der Waals surface area contributed by atoms with Crippen LogP contribution in [-0.4, -0.2) is 38.6 Å². The van der Waals surface area contributed by atoms with Crippen molar-refractivity contribution in [2.24, 2.45) is 0 Å². The first kappa shape index (κ1) is 30.6. The minimum atomic E-state index is -3.96. The van der Waals surface area contributed by atoms with E-state index in [0.29, 0.717) is 24.6 Å². The van der Waals surface area contributed by atoms with Gasteiger partial charge in [-0.15, -0.1) is 0 Å². The first-order valence-electron chi connectivity index (χ1n) is 15.4. The van der Waals surface area contributed by atoms with Gasteiger partial charge >= 0.3 is 0 Å². The summed E-state index contributed by atoms with van der Waals surface area (Å²) in [6.45, 7) is 7.71. The number of H-pyrrole nitrogens is 1. The van der Waals surface area contributed by atoms with E-state index < -0.39 is 10.0 Å². The van der Waals surface area contributed by atoms with Gasteiger partial charge in [0.1, 0.15) is 5.69 Å². The summed E-state index contributed by atoms with van der Waals surface area (Å²) in [5.41, 5.74) is 5.14. The summed E-state index contributed by atoms with van der Waals surface area (Å²) in [6, 6.07) is 32.1. The SMILES string of the molecule is CC(C)(C)c1ccc(S(=O)(=O)N(Cc2ccccc2)c2ccc3[nH]c(C(=O)NC4CCOCC4)c(-c4ccccc4)c3c2)cc1. The Morgan fingerprint density at radius 2 is 1.53 bits per heavy atom. The number of anilines is 1. The number of aromatic amines is 1. The van der Waals surface area contributed by atoms with Gasteiger partial charge in [0.05, 0.1) is 17.1 Å². The highest BCUT2D eigenvalue weighted by Crippen LogP contribution is 2.37. The minimum Gasteiger partial charge on any atom is -0.381 e. The quantitative estimate of drug-likeness (QED) is 0.188. The van der Waals surface area contributed by atoms with E-state index in [0.717, 1.165) is 46.0 Å². The third-order valence-electron chi connectivity index (χ3n) is 8.39. The third-order valence-corrected chi connectivity index (χ3v) is 10.2. The molecule has 7 nitrogen and oxygen atoms in total. The second kappa shape index (κ2) is 12.5. The van der Waals surface area contributed by atoms with Crippen molar-refractivity contribution in [2.75, 3.05) is 17.5 Å². The van der Waals surface area contributed by atoms with Crippen molar-refractivity contribution in [3.63, 3.8) is 0 Å². The number of ether oxygens (including phenoxy) is 1. The fourth-order valence-corrected chi connectivity index (χ4v) is 7.27. The van der Waals surface area contributed by atoms with Crippen LogP contribution in [0.3, 0.4) is 0 Å². The molecule has 6 rings (SSSR count). The lowest BCUT2D eigenvalue weighted by molar-refractivity contribution is 0.0695. The van der Waals surface area contributed by atoms with Crippen molar-refractivity contribution in [1.29, 1.82) is 0 Å². The van der Waals surface area contributed by atoms with E-state index in [-0.39, 0.29) is 28.8 Å². The zero-order valence-corrected chi connectivity index (χ0v) is 26.7. The molecule has 1 fully saturated rings. The Morgan fingerprint density at radius 1 is 0.889 bits per heavy atom. The summed E-state index contributed by atoms with van der Waals surface area (Å²) in [7, 11) is -3.96. The first-order valence-corrected chi connectivity index (χ1v) is 16.8. The molecule has 232 valence electrons. The number of hydrogen-bond acceptors (Lipinski definition) is 4. The smallest absolute Gasteiger partial charge is 0.268 e. The standard InChI is InChI=1S/C37H39N3O4S/c1-37(2,3)28-14-17-31(18-15-28)45(42,43)40(25-26-10-6-4-7-11-26)30-16-19-33-32(24-30)34(27-12-8-5-9-13-27)35(39-33)36(41)38-29-20-22-44-23-21-29/h4-19,24,29,39H,20-23,25H2,1-3H3,(H,38,41). The van der Waals surface area contributed by atoms with Gasteiger partial charge in [-0.25, -0.2) is 8.42 Å². The summed E-state index contributed by atoms with van der Waals surface area (Å²) >= 11 is 0. The molecule has 1 aliphatic rings. The Balaban J connectivity index is 1.47. The van der Waals surface area contributed by atoms with Gasteiger partial charge in [0.15, 0.2) is 0 Å². The normalized spacial score (nSPS) is 14.4. The van der Waals surface area contributed by atoms with E-state index in [9.17, 15) is 13.2 Å². The number of fused-ring (bicyclic) bond motifs is 1. The van der Waals surface area contributed by atoms with Crippen LogP contribution in [0.25, 0.3) is 22.0 Å². The van der Waals surface area contributed by atoms with E-state index in [1.54, 1.807) is 18.2 Å². The van der Waals surface area contributed by atoms with Crippen molar-refractivity contribution in [3.8, 4) is 11.1 Å². The predicted octanol–water partition coefficient (Wildman–Crippen LogP) is 7.44. The largest absolute Gasteiger partial charge is 0.381 e. The second-order valence-electron chi connectivity index (χ2n) is 12.6. The van der Waals surface area contributed by atoms with E-state index >= 15 is 0 Å². The summed E-state index contributed by atoms with van der Waals surface area (Å²) in [6.07, 6.45) is 1.53. The van der Waals surface area contributed by atoms with Crippen LogP contribution in [0, 0.1) is 0 Å². The van der Waals surface area contributed by atoms with E-state index in [1.807, 2.05) is 84.9 Å². The molecule has 4 aromatic carbocycles. The number of sulfonamides is 1. The predicted molar refractivity (Wildman–Crippen MR) is 180 cm³/mol. The Morgan fingerprint density at radius 3 is 2.18 bits per heavy atom. The maximum atomic E-state index is 14.4. The Hall–Kier alpha value is -4.40. The highest BCUT2D eigenvalue weighted by molar-refractivity contribution is 7.92. The molecule has 0 aliphatic carbocycles. The van der Waals surface area contributed by atoms with Gasteiger partial charge in [-0.1, -0.05) is 93.6 Å². The molecular formula is C37H39N3O4S. The van der Waals surface area contributed by atoms with Crippen LogP contribution in [0.2, 0.25) is 0 Å². The van der Waals surface area contributed by atoms with Crippen molar-refractivity contribution in [3.05, 3.63) is 120 Å². The Labute approximate surface area is 265 Å². The van der Waals surface area contributed by atoms with E-state index in [1.165, 1.54) is 4.31 Å². The van der Waals surface area contributed by atoms with E-state index in [2.05, 4.69) is 31.1 Å².